The van der Waals surface area contributed by atoms with E-state index in [0.29, 0.717) is 12.1 Å². The van der Waals surface area contributed by atoms with Gasteiger partial charge in [0.2, 0.25) is 5.91 Å². The molecule has 0 bridgehead atoms. The van der Waals surface area contributed by atoms with Crippen LogP contribution >= 0.6 is 31.9 Å². The van der Waals surface area contributed by atoms with Gasteiger partial charge in [-0.25, -0.2) is 0 Å². The fourth-order valence-electron chi connectivity index (χ4n) is 1.61. The van der Waals surface area contributed by atoms with Gasteiger partial charge in [-0.15, -0.1) is 0 Å². The first-order valence-electron chi connectivity index (χ1n) is 5.64. The molecule has 0 fully saturated rings. The Hall–Kier alpha value is -1.33. The third-order valence-corrected chi connectivity index (χ3v) is 3.73. The molecule has 0 aliphatic rings. The highest BCUT2D eigenvalue weighted by Crippen LogP contribution is 2.24. The summed E-state index contributed by atoms with van der Waals surface area (Å²) in [6, 6.07) is 13.0. The van der Waals surface area contributed by atoms with Gasteiger partial charge < -0.3 is 11.1 Å². The Morgan fingerprint density at radius 3 is 2.42 bits per heavy atom. The fourth-order valence-corrected chi connectivity index (χ4v) is 2.37. The van der Waals surface area contributed by atoms with E-state index in [1.807, 2.05) is 24.3 Å². The Bertz CT molecular complexity index is 597. The topological polar surface area (TPSA) is 55.1 Å². The maximum Gasteiger partial charge on any atom is 0.228 e. The Kier molecular flexibility index (Phi) is 4.61. The first-order valence-corrected chi connectivity index (χ1v) is 7.22. The second-order valence-electron chi connectivity index (χ2n) is 4.09. The van der Waals surface area contributed by atoms with Gasteiger partial charge in [-0.3, -0.25) is 4.79 Å². The van der Waals surface area contributed by atoms with E-state index in [1.54, 1.807) is 18.2 Å². The van der Waals surface area contributed by atoms with Crippen molar-refractivity contribution < 1.29 is 4.79 Å². The monoisotopic (exact) mass is 382 g/mol. The summed E-state index contributed by atoms with van der Waals surface area (Å²) in [6.45, 7) is 0. The predicted octanol–water partition coefficient (Wildman–Crippen LogP) is 3.98. The van der Waals surface area contributed by atoms with Gasteiger partial charge >= 0.3 is 0 Å². The van der Waals surface area contributed by atoms with Gasteiger partial charge in [-0.05, 0) is 51.8 Å². The minimum absolute atomic E-state index is 0.0622. The van der Waals surface area contributed by atoms with E-state index in [1.165, 1.54) is 0 Å². The summed E-state index contributed by atoms with van der Waals surface area (Å²) in [4.78, 5) is 11.9. The molecule has 3 nitrogen and oxygen atoms in total. The first kappa shape index (κ1) is 14.1. The molecule has 0 unspecified atom stereocenters. The van der Waals surface area contributed by atoms with Gasteiger partial charge in [0.25, 0.3) is 0 Å². The number of nitrogen functional groups attached to an aromatic ring is 1. The molecular weight excluding hydrogens is 372 g/mol. The second kappa shape index (κ2) is 6.21. The summed E-state index contributed by atoms with van der Waals surface area (Å²) in [5.74, 6) is -0.0622. The van der Waals surface area contributed by atoms with Crippen molar-refractivity contribution >= 4 is 49.1 Å². The molecule has 19 heavy (non-hydrogen) atoms. The van der Waals surface area contributed by atoms with Crippen molar-refractivity contribution in [2.75, 3.05) is 11.1 Å². The van der Waals surface area contributed by atoms with Crippen molar-refractivity contribution in [1.82, 2.24) is 0 Å². The number of carbonyl (C=O) groups excluding carboxylic acids is 1. The van der Waals surface area contributed by atoms with Crippen LogP contribution in [0.5, 0.6) is 0 Å². The standard InChI is InChI=1S/C14H12Br2N2O/c15-10-3-1-9(2-4-10)7-14(19)18-13-6-5-11(17)8-12(13)16/h1-6,8H,7,17H2,(H,18,19). The largest absolute Gasteiger partial charge is 0.399 e. The molecule has 0 saturated heterocycles. The average Bonchev–Trinajstić information content (AvgIpc) is 2.36. The number of hydrogen-bond acceptors (Lipinski definition) is 2. The molecular formula is C14H12Br2N2O. The predicted molar refractivity (Wildman–Crippen MR) is 85.0 cm³/mol. The third-order valence-electron chi connectivity index (χ3n) is 2.55. The minimum Gasteiger partial charge on any atom is -0.399 e. The number of hydrogen-bond donors (Lipinski definition) is 2. The normalized spacial score (nSPS) is 10.2. The van der Waals surface area contributed by atoms with Crippen LogP contribution < -0.4 is 11.1 Å². The SMILES string of the molecule is Nc1ccc(NC(=O)Cc2ccc(Br)cc2)c(Br)c1. The Labute approximate surface area is 128 Å². The number of anilines is 2. The number of benzene rings is 2. The summed E-state index contributed by atoms with van der Waals surface area (Å²) in [5, 5.41) is 2.85. The van der Waals surface area contributed by atoms with E-state index in [-0.39, 0.29) is 5.91 Å². The van der Waals surface area contributed by atoms with Crippen LogP contribution in [0.15, 0.2) is 51.4 Å². The highest BCUT2D eigenvalue weighted by atomic mass is 79.9. The lowest BCUT2D eigenvalue weighted by molar-refractivity contribution is -0.115. The van der Waals surface area contributed by atoms with Crippen molar-refractivity contribution in [3.05, 3.63) is 57.0 Å². The van der Waals surface area contributed by atoms with Crippen molar-refractivity contribution in [3.63, 3.8) is 0 Å². The lowest BCUT2D eigenvalue weighted by Gasteiger charge is -2.08. The molecule has 2 rings (SSSR count). The van der Waals surface area contributed by atoms with Crippen LogP contribution in [0.2, 0.25) is 0 Å². The molecule has 0 atom stereocenters. The summed E-state index contributed by atoms with van der Waals surface area (Å²) < 4.78 is 1.77. The summed E-state index contributed by atoms with van der Waals surface area (Å²) in [6.07, 6.45) is 0.337. The van der Waals surface area contributed by atoms with Crippen molar-refractivity contribution in [2.45, 2.75) is 6.42 Å². The first-order chi connectivity index (χ1) is 9.04. The molecule has 2 aromatic carbocycles. The Morgan fingerprint density at radius 2 is 1.79 bits per heavy atom. The molecule has 1 amide bonds. The van der Waals surface area contributed by atoms with E-state index in [9.17, 15) is 4.79 Å². The fraction of sp³-hybridized carbons (Fsp3) is 0.0714. The smallest absolute Gasteiger partial charge is 0.228 e. The highest BCUT2D eigenvalue weighted by Gasteiger charge is 2.07. The van der Waals surface area contributed by atoms with Crippen LogP contribution in [0.1, 0.15) is 5.56 Å². The number of rotatable bonds is 3. The van der Waals surface area contributed by atoms with Crippen LogP contribution in [-0.2, 0) is 11.2 Å². The number of nitrogens with two attached hydrogens (primary N) is 1. The Balaban J connectivity index is 2.03. The molecule has 0 saturated carbocycles. The highest BCUT2D eigenvalue weighted by molar-refractivity contribution is 9.10. The van der Waals surface area contributed by atoms with Crippen LogP contribution in [0, 0.1) is 0 Å². The maximum atomic E-state index is 11.9. The number of amides is 1. The third kappa shape index (κ3) is 4.08. The van der Waals surface area contributed by atoms with Crippen molar-refractivity contribution in [2.24, 2.45) is 0 Å². The molecule has 0 aromatic heterocycles. The van der Waals surface area contributed by atoms with Crippen molar-refractivity contribution in [3.8, 4) is 0 Å². The molecule has 0 radical (unpaired) electrons. The maximum absolute atomic E-state index is 11.9. The zero-order valence-electron chi connectivity index (χ0n) is 9.99. The molecule has 5 heteroatoms. The van der Waals surface area contributed by atoms with Gasteiger partial charge in [-0.1, -0.05) is 28.1 Å². The van der Waals surface area contributed by atoms with E-state index in [4.69, 9.17) is 5.73 Å². The zero-order chi connectivity index (χ0) is 13.8. The number of nitrogens with one attached hydrogen (secondary N) is 1. The molecule has 0 heterocycles. The second-order valence-corrected chi connectivity index (χ2v) is 5.86. The molecule has 2 aromatic rings. The molecule has 0 aliphatic heterocycles. The van der Waals surface area contributed by atoms with Crippen molar-refractivity contribution in [1.29, 1.82) is 0 Å². The zero-order valence-corrected chi connectivity index (χ0v) is 13.2. The summed E-state index contributed by atoms with van der Waals surface area (Å²) in [5.41, 5.74) is 7.98. The Morgan fingerprint density at radius 1 is 1.11 bits per heavy atom. The molecule has 3 N–H and O–H groups in total. The van der Waals surface area contributed by atoms with Gasteiger partial charge in [-0.2, -0.15) is 0 Å². The van der Waals surface area contributed by atoms with Gasteiger partial charge in [0, 0.05) is 14.6 Å². The van der Waals surface area contributed by atoms with E-state index >= 15 is 0 Å². The number of carbonyl (C=O) groups is 1. The lowest BCUT2D eigenvalue weighted by atomic mass is 10.1. The van der Waals surface area contributed by atoms with E-state index < -0.39 is 0 Å². The lowest BCUT2D eigenvalue weighted by Crippen LogP contribution is -2.14. The van der Waals surface area contributed by atoms with Gasteiger partial charge in [0.1, 0.15) is 0 Å². The number of halogens is 2. The van der Waals surface area contributed by atoms with Crippen LogP contribution in [-0.4, -0.2) is 5.91 Å². The van der Waals surface area contributed by atoms with Gasteiger partial charge in [0.15, 0.2) is 0 Å². The van der Waals surface area contributed by atoms with Crippen LogP contribution in [0.25, 0.3) is 0 Å². The summed E-state index contributed by atoms with van der Waals surface area (Å²) >= 11 is 6.73. The molecule has 98 valence electrons. The van der Waals surface area contributed by atoms with Gasteiger partial charge in [0.05, 0.1) is 12.1 Å². The van der Waals surface area contributed by atoms with Crippen LogP contribution in [0.4, 0.5) is 11.4 Å². The molecule has 0 spiro atoms. The van der Waals surface area contributed by atoms with E-state index in [2.05, 4.69) is 37.2 Å². The summed E-state index contributed by atoms with van der Waals surface area (Å²) in [7, 11) is 0. The van der Waals surface area contributed by atoms with E-state index in [0.717, 1.165) is 20.2 Å². The minimum atomic E-state index is -0.0622. The van der Waals surface area contributed by atoms with Crippen LogP contribution in [0.3, 0.4) is 0 Å². The molecule has 0 aliphatic carbocycles. The quantitative estimate of drug-likeness (QED) is 0.787. The average molecular weight is 384 g/mol.